The number of anilines is 1. The van der Waals surface area contributed by atoms with Gasteiger partial charge in [-0.15, -0.1) is 10.2 Å². The fraction of sp³-hybridized carbons (Fsp3) is 0.455. The van der Waals surface area contributed by atoms with Crippen LogP contribution in [0.1, 0.15) is 23.8 Å². The molecule has 0 saturated heterocycles. The second kappa shape index (κ2) is 6.53. The van der Waals surface area contributed by atoms with Crippen molar-refractivity contribution in [3.63, 3.8) is 0 Å². The quantitative estimate of drug-likeness (QED) is 0.747. The maximum atomic E-state index is 11.5. The number of nitrogens with zero attached hydrogens (tertiary/aromatic N) is 3. The lowest BCUT2D eigenvalue weighted by Gasteiger charge is -2.16. The van der Waals surface area contributed by atoms with Gasteiger partial charge in [-0.3, -0.25) is 4.79 Å². The molecular weight excluding hydrogens is 236 g/mol. The maximum absolute atomic E-state index is 11.5. The smallest absolute Gasteiger partial charge is 0.356 e. The number of aromatic nitrogens is 2. The zero-order valence-corrected chi connectivity index (χ0v) is 10.4. The van der Waals surface area contributed by atoms with Crippen molar-refractivity contribution in [3.05, 3.63) is 17.8 Å². The summed E-state index contributed by atoms with van der Waals surface area (Å²) in [5.74, 6) is -0.785. The van der Waals surface area contributed by atoms with Crippen molar-refractivity contribution in [1.29, 1.82) is 0 Å². The van der Waals surface area contributed by atoms with Gasteiger partial charge >= 0.3 is 5.97 Å². The van der Waals surface area contributed by atoms with E-state index in [1.165, 1.54) is 12.1 Å². The Morgan fingerprint density at radius 1 is 1.39 bits per heavy atom. The summed E-state index contributed by atoms with van der Waals surface area (Å²) in [5, 5.41) is 18.7. The van der Waals surface area contributed by atoms with Gasteiger partial charge in [0.25, 0.3) is 0 Å². The molecule has 1 rings (SSSR count). The third-order valence-electron chi connectivity index (χ3n) is 2.21. The van der Waals surface area contributed by atoms with Crippen LogP contribution < -0.4 is 10.2 Å². The third-order valence-corrected chi connectivity index (χ3v) is 2.21. The van der Waals surface area contributed by atoms with E-state index in [0.29, 0.717) is 12.4 Å². The Morgan fingerprint density at radius 3 is 2.61 bits per heavy atom. The van der Waals surface area contributed by atoms with Crippen LogP contribution in [0, 0.1) is 0 Å². The van der Waals surface area contributed by atoms with E-state index < -0.39 is 5.97 Å². The number of rotatable bonds is 6. The normalized spacial score (nSPS) is 9.89. The number of carbonyl (C=O) groups excluding carboxylic acids is 1. The van der Waals surface area contributed by atoms with E-state index in [1.54, 1.807) is 11.9 Å². The van der Waals surface area contributed by atoms with Crippen LogP contribution in [0.2, 0.25) is 0 Å². The number of carboxylic acid groups (broad SMARTS) is 1. The Kier molecular flexibility index (Phi) is 5.04. The molecule has 0 saturated carbocycles. The summed E-state index contributed by atoms with van der Waals surface area (Å²) < 4.78 is 0. The molecule has 0 unspecified atom stereocenters. The summed E-state index contributed by atoms with van der Waals surface area (Å²) in [5.41, 5.74) is -0.123. The standard InChI is InChI=1S/C11H16N4O3/c1-3-6-12-10(16)7-15(2)9-5-4-8(11(17)18)13-14-9/h4-5H,3,6-7H2,1-2H3,(H,12,16)(H,17,18). The molecule has 0 atom stereocenters. The Labute approximate surface area is 105 Å². The topological polar surface area (TPSA) is 95.4 Å². The van der Waals surface area contributed by atoms with Crippen LogP contribution in [-0.2, 0) is 4.79 Å². The first-order valence-corrected chi connectivity index (χ1v) is 5.59. The number of aromatic carboxylic acids is 1. The second-order valence-corrected chi connectivity index (χ2v) is 3.79. The van der Waals surface area contributed by atoms with E-state index in [2.05, 4.69) is 15.5 Å². The molecular formula is C11H16N4O3. The number of likely N-dealkylation sites (N-methyl/N-ethyl adjacent to an activating group) is 1. The van der Waals surface area contributed by atoms with Gasteiger partial charge in [0.2, 0.25) is 5.91 Å². The van der Waals surface area contributed by atoms with Gasteiger partial charge in [-0.1, -0.05) is 6.92 Å². The summed E-state index contributed by atoms with van der Waals surface area (Å²) in [7, 11) is 1.69. The molecule has 1 aromatic rings. The van der Waals surface area contributed by atoms with Gasteiger partial charge in [-0.2, -0.15) is 0 Å². The van der Waals surface area contributed by atoms with Crippen molar-refractivity contribution in [3.8, 4) is 0 Å². The van der Waals surface area contributed by atoms with Crippen molar-refractivity contribution in [2.75, 3.05) is 25.0 Å². The first kappa shape index (κ1) is 13.9. The van der Waals surface area contributed by atoms with Gasteiger partial charge in [-0.25, -0.2) is 4.79 Å². The molecule has 0 aromatic carbocycles. The Balaban J connectivity index is 2.58. The van der Waals surface area contributed by atoms with Gasteiger partial charge in [0.15, 0.2) is 11.5 Å². The van der Waals surface area contributed by atoms with Gasteiger partial charge in [0.05, 0.1) is 6.54 Å². The minimum Gasteiger partial charge on any atom is -0.476 e. The molecule has 0 fully saturated rings. The fourth-order valence-electron chi connectivity index (χ4n) is 1.26. The number of carbonyl (C=O) groups is 2. The van der Waals surface area contributed by atoms with Crippen molar-refractivity contribution >= 4 is 17.7 Å². The van der Waals surface area contributed by atoms with Crippen LogP contribution in [-0.4, -0.2) is 47.3 Å². The van der Waals surface area contributed by atoms with E-state index >= 15 is 0 Å². The Hall–Kier alpha value is -2.18. The Morgan fingerprint density at radius 2 is 2.11 bits per heavy atom. The van der Waals surface area contributed by atoms with Gasteiger partial charge in [-0.05, 0) is 18.6 Å². The number of carboxylic acids is 1. The van der Waals surface area contributed by atoms with E-state index in [4.69, 9.17) is 5.11 Å². The van der Waals surface area contributed by atoms with E-state index in [0.717, 1.165) is 6.42 Å². The molecule has 2 N–H and O–H groups in total. The second-order valence-electron chi connectivity index (χ2n) is 3.79. The predicted molar refractivity (Wildman–Crippen MR) is 65.6 cm³/mol. The molecule has 98 valence electrons. The average molecular weight is 252 g/mol. The monoisotopic (exact) mass is 252 g/mol. The minimum absolute atomic E-state index is 0.108. The zero-order valence-electron chi connectivity index (χ0n) is 10.4. The summed E-state index contributed by atoms with van der Waals surface area (Å²) in [6, 6.07) is 2.87. The van der Waals surface area contributed by atoms with Gasteiger partial charge in [0.1, 0.15) is 0 Å². The minimum atomic E-state index is -1.13. The van der Waals surface area contributed by atoms with Crippen molar-refractivity contribution in [2.45, 2.75) is 13.3 Å². The van der Waals surface area contributed by atoms with Crippen molar-refractivity contribution in [1.82, 2.24) is 15.5 Å². The lowest BCUT2D eigenvalue weighted by Crippen LogP contribution is -2.35. The highest BCUT2D eigenvalue weighted by Crippen LogP contribution is 2.06. The average Bonchev–Trinajstić information content (AvgIpc) is 2.36. The van der Waals surface area contributed by atoms with Gasteiger partial charge < -0.3 is 15.3 Å². The highest BCUT2D eigenvalue weighted by Gasteiger charge is 2.10. The first-order chi connectivity index (χ1) is 8.54. The largest absolute Gasteiger partial charge is 0.476 e. The van der Waals surface area contributed by atoms with Crippen molar-refractivity contribution < 1.29 is 14.7 Å². The molecule has 0 aliphatic heterocycles. The van der Waals surface area contributed by atoms with Crippen LogP contribution in [0.15, 0.2) is 12.1 Å². The zero-order chi connectivity index (χ0) is 13.5. The molecule has 0 bridgehead atoms. The van der Waals surface area contributed by atoms with Crippen molar-refractivity contribution in [2.24, 2.45) is 0 Å². The first-order valence-electron chi connectivity index (χ1n) is 5.59. The number of nitrogens with one attached hydrogen (secondary N) is 1. The van der Waals surface area contributed by atoms with Crippen LogP contribution in [0.5, 0.6) is 0 Å². The maximum Gasteiger partial charge on any atom is 0.356 e. The highest BCUT2D eigenvalue weighted by atomic mass is 16.4. The summed E-state index contributed by atoms with van der Waals surface area (Å²) >= 11 is 0. The number of hydrogen-bond acceptors (Lipinski definition) is 5. The molecule has 7 nitrogen and oxygen atoms in total. The number of hydrogen-bond donors (Lipinski definition) is 2. The predicted octanol–water partition coefficient (Wildman–Crippen LogP) is 0.137. The van der Waals surface area contributed by atoms with E-state index in [-0.39, 0.29) is 18.1 Å². The molecule has 0 aliphatic carbocycles. The Bertz CT molecular complexity index is 419. The lowest BCUT2D eigenvalue weighted by atomic mass is 10.3. The fourth-order valence-corrected chi connectivity index (χ4v) is 1.26. The molecule has 0 radical (unpaired) electrons. The van der Waals surface area contributed by atoms with Crippen LogP contribution in [0.4, 0.5) is 5.82 Å². The molecule has 0 spiro atoms. The molecule has 1 heterocycles. The van der Waals surface area contributed by atoms with Crippen LogP contribution in [0.25, 0.3) is 0 Å². The molecule has 18 heavy (non-hydrogen) atoms. The molecule has 1 aromatic heterocycles. The van der Waals surface area contributed by atoms with Crippen LogP contribution >= 0.6 is 0 Å². The summed E-state index contributed by atoms with van der Waals surface area (Å²) in [6.45, 7) is 2.76. The summed E-state index contributed by atoms with van der Waals surface area (Å²) in [6.07, 6.45) is 0.878. The molecule has 7 heteroatoms. The van der Waals surface area contributed by atoms with E-state index in [9.17, 15) is 9.59 Å². The number of amides is 1. The SMILES string of the molecule is CCCNC(=O)CN(C)c1ccc(C(=O)O)nn1. The molecule has 0 aliphatic rings. The third kappa shape index (κ3) is 4.00. The molecule has 1 amide bonds. The van der Waals surface area contributed by atoms with Crippen LogP contribution in [0.3, 0.4) is 0 Å². The summed E-state index contributed by atoms with van der Waals surface area (Å²) in [4.78, 5) is 23.7. The van der Waals surface area contributed by atoms with Gasteiger partial charge in [0, 0.05) is 13.6 Å². The lowest BCUT2D eigenvalue weighted by molar-refractivity contribution is -0.119. The highest BCUT2D eigenvalue weighted by molar-refractivity contribution is 5.85. The van der Waals surface area contributed by atoms with E-state index in [1.807, 2.05) is 6.92 Å².